The van der Waals surface area contributed by atoms with Gasteiger partial charge in [0.1, 0.15) is 10.3 Å². The lowest BCUT2D eigenvalue weighted by molar-refractivity contribution is 0.382. The molecule has 0 fully saturated rings. The molecule has 0 saturated heterocycles. The van der Waals surface area contributed by atoms with Gasteiger partial charge >= 0.3 is 0 Å². The van der Waals surface area contributed by atoms with Crippen LogP contribution in [0.3, 0.4) is 0 Å². The van der Waals surface area contributed by atoms with Crippen molar-refractivity contribution in [2.75, 3.05) is 5.32 Å². The van der Waals surface area contributed by atoms with E-state index in [1.165, 1.54) is 5.38 Å². The van der Waals surface area contributed by atoms with Crippen LogP contribution in [0.2, 0.25) is 0 Å². The lowest BCUT2D eigenvalue weighted by atomic mass is 10.2. The Labute approximate surface area is 110 Å². The van der Waals surface area contributed by atoms with E-state index >= 15 is 0 Å². The molecule has 18 heavy (non-hydrogen) atoms. The van der Waals surface area contributed by atoms with Crippen LogP contribution in [0.4, 0.5) is 32.8 Å². The van der Waals surface area contributed by atoms with Gasteiger partial charge in [-0.2, -0.15) is 0 Å². The number of nitrogens with one attached hydrogen (secondary N) is 1. The van der Waals surface area contributed by atoms with Crippen molar-refractivity contribution in [3.05, 3.63) is 39.1 Å². The number of thiazole rings is 1. The zero-order valence-corrected chi connectivity index (χ0v) is 10.6. The van der Waals surface area contributed by atoms with E-state index in [2.05, 4.69) is 26.2 Å². The summed E-state index contributed by atoms with van der Waals surface area (Å²) in [7, 11) is 0. The van der Waals surface area contributed by atoms with Crippen LogP contribution >= 0.6 is 27.3 Å². The van der Waals surface area contributed by atoms with Crippen molar-refractivity contribution in [3.8, 4) is 0 Å². The SMILES string of the molecule is Fc1c(F)c(F)c(Nc2nc(Br)cs2)c(F)c1F. The van der Waals surface area contributed by atoms with Crippen LogP contribution in [0.15, 0.2) is 9.98 Å². The van der Waals surface area contributed by atoms with E-state index in [4.69, 9.17) is 0 Å². The second-order valence-electron chi connectivity index (χ2n) is 3.05. The molecule has 0 atom stereocenters. The highest BCUT2D eigenvalue weighted by Crippen LogP contribution is 2.31. The van der Waals surface area contributed by atoms with E-state index in [1.54, 1.807) is 0 Å². The molecule has 0 unspecified atom stereocenters. The van der Waals surface area contributed by atoms with Gasteiger partial charge in [-0.1, -0.05) is 0 Å². The summed E-state index contributed by atoms with van der Waals surface area (Å²) in [5, 5.41) is 3.52. The molecule has 0 aliphatic carbocycles. The van der Waals surface area contributed by atoms with Gasteiger partial charge in [0.15, 0.2) is 28.4 Å². The Kier molecular flexibility index (Phi) is 3.53. The van der Waals surface area contributed by atoms with Gasteiger partial charge in [-0.15, -0.1) is 11.3 Å². The number of aromatic nitrogens is 1. The molecular weight excluding hydrogens is 343 g/mol. The summed E-state index contributed by atoms with van der Waals surface area (Å²) >= 11 is 3.92. The number of nitrogens with zero attached hydrogens (tertiary/aromatic N) is 1. The van der Waals surface area contributed by atoms with Gasteiger partial charge in [-0.3, -0.25) is 0 Å². The number of rotatable bonds is 2. The minimum atomic E-state index is -2.20. The molecule has 1 aromatic heterocycles. The van der Waals surface area contributed by atoms with E-state index in [1.807, 2.05) is 0 Å². The van der Waals surface area contributed by atoms with E-state index < -0.39 is 34.8 Å². The zero-order chi connectivity index (χ0) is 13.4. The minimum absolute atomic E-state index is 0.00918. The molecule has 0 amide bonds. The summed E-state index contributed by atoms with van der Waals surface area (Å²) in [4.78, 5) is 3.72. The number of halogens is 6. The molecule has 1 heterocycles. The Hall–Kier alpha value is -1.22. The van der Waals surface area contributed by atoms with Crippen LogP contribution in [-0.4, -0.2) is 4.98 Å². The van der Waals surface area contributed by atoms with Crippen molar-refractivity contribution >= 4 is 38.1 Å². The third kappa shape index (κ3) is 2.19. The van der Waals surface area contributed by atoms with Crippen molar-refractivity contribution in [3.63, 3.8) is 0 Å². The molecule has 0 spiro atoms. The molecule has 0 aliphatic rings. The van der Waals surface area contributed by atoms with E-state index in [9.17, 15) is 22.0 Å². The van der Waals surface area contributed by atoms with Crippen molar-refractivity contribution in [2.24, 2.45) is 0 Å². The summed E-state index contributed by atoms with van der Waals surface area (Å²) in [5.74, 6) is -10.1. The average molecular weight is 345 g/mol. The largest absolute Gasteiger partial charge is 0.326 e. The quantitative estimate of drug-likeness (QED) is 0.498. The summed E-state index contributed by atoms with van der Waals surface area (Å²) in [6, 6.07) is 0. The lowest BCUT2D eigenvalue weighted by Crippen LogP contribution is -2.06. The standard InChI is InChI=1S/C9H2BrF5N2S/c10-2-1-18-9(16-2)17-8-6(14)4(12)3(11)5(13)7(8)15/h1H,(H,16,17). The molecule has 9 heteroatoms. The fourth-order valence-electron chi connectivity index (χ4n) is 1.13. The van der Waals surface area contributed by atoms with Crippen LogP contribution in [0, 0.1) is 29.1 Å². The fraction of sp³-hybridized carbons (Fsp3) is 0. The Bertz CT molecular complexity index is 586. The van der Waals surface area contributed by atoms with Crippen LogP contribution in [0.25, 0.3) is 0 Å². The first-order valence-electron chi connectivity index (χ1n) is 4.31. The molecule has 2 nitrogen and oxygen atoms in total. The summed E-state index contributed by atoms with van der Waals surface area (Å²) in [5.41, 5.74) is -1.13. The highest BCUT2D eigenvalue weighted by atomic mass is 79.9. The van der Waals surface area contributed by atoms with Gasteiger partial charge in [-0.25, -0.2) is 26.9 Å². The van der Waals surface area contributed by atoms with E-state index in [-0.39, 0.29) is 5.13 Å². The van der Waals surface area contributed by atoms with Crippen LogP contribution in [0.5, 0.6) is 0 Å². The lowest BCUT2D eigenvalue weighted by Gasteiger charge is -2.08. The topological polar surface area (TPSA) is 24.9 Å². The smallest absolute Gasteiger partial charge is 0.200 e. The van der Waals surface area contributed by atoms with Crippen molar-refractivity contribution < 1.29 is 22.0 Å². The second-order valence-corrected chi connectivity index (χ2v) is 4.72. The van der Waals surface area contributed by atoms with Gasteiger partial charge in [0.25, 0.3) is 0 Å². The van der Waals surface area contributed by atoms with Crippen LogP contribution in [-0.2, 0) is 0 Å². The van der Waals surface area contributed by atoms with Gasteiger partial charge in [0.05, 0.1) is 0 Å². The molecule has 96 valence electrons. The Morgan fingerprint density at radius 3 is 1.89 bits per heavy atom. The van der Waals surface area contributed by atoms with Crippen molar-refractivity contribution in [1.29, 1.82) is 0 Å². The zero-order valence-electron chi connectivity index (χ0n) is 8.20. The van der Waals surface area contributed by atoms with E-state index in [0.29, 0.717) is 4.60 Å². The number of anilines is 2. The molecule has 2 rings (SSSR count). The maximum absolute atomic E-state index is 13.3. The van der Waals surface area contributed by atoms with Gasteiger partial charge in [-0.05, 0) is 15.9 Å². The first kappa shape index (κ1) is 13.2. The third-order valence-electron chi connectivity index (χ3n) is 1.92. The first-order valence-corrected chi connectivity index (χ1v) is 5.98. The Morgan fingerprint density at radius 1 is 0.944 bits per heavy atom. The predicted octanol–water partition coefficient (Wildman–Crippen LogP) is 4.34. The summed E-state index contributed by atoms with van der Waals surface area (Å²) in [6.45, 7) is 0. The average Bonchev–Trinajstić information content (AvgIpc) is 2.75. The number of benzene rings is 1. The number of hydrogen-bond donors (Lipinski definition) is 1. The predicted molar refractivity (Wildman–Crippen MR) is 59.3 cm³/mol. The molecule has 1 aromatic carbocycles. The van der Waals surface area contributed by atoms with Gasteiger partial charge in [0.2, 0.25) is 5.82 Å². The summed E-state index contributed by atoms with van der Waals surface area (Å²) < 4.78 is 65.5. The van der Waals surface area contributed by atoms with Gasteiger partial charge < -0.3 is 5.32 Å². The van der Waals surface area contributed by atoms with E-state index in [0.717, 1.165) is 11.3 Å². The molecule has 2 aromatic rings. The fourth-order valence-corrected chi connectivity index (χ4v) is 2.28. The van der Waals surface area contributed by atoms with Crippen molar-refractivity contribution in [2.45, 2.75) is 0 Å². The third-order valence-corrected chi connectivity index (χ3v) is 3.38. The molecule has 0 aliphatic heterocycles. The Morgan fingerprint density at radius 2 is 1.44 bits per heavy atom. The maximum Gasteiger partial charge on any atom is 0.200 e. The monoisotopic (exact) mass is 344 g/mol. The first-order chi connectivity index (χ1) is 8.41. The Balaban J connectivity index is 2.51. The van der Waals surface area contributed by atoms with Crippen molar-refractivity contribution in [1.82, 2.24) is 4.98 Å². The summed E-state index contributed by atoms with van der Waals surface area (Å²) in [6.07, 6.45) is 0. The second kappa shape index (κ2) is 4.81. The van der Waals surface area contributed by atoms with Crippen LogP contribution < -0.4 is 5.32 Å². The molecule has 0 bridgehead atoms. The molecular formula is C9H2BrF5N2S. The highest BCUT2D eigenvalue weighted by molar-refractivity contribution is 9.10. The minimum Gasteiger partial charge on any atom is -0.326 e. The molecule has 1 N–H and O–H groups in total. The highest BCUT2D eigenvalue weighted by Gasteiger charge is 2.26. The number of hydrogen-bond acceptors (Lipinski definition) is 3. The molecule has 0 radical (unpaired) electrons. The normalized spacial score (nSPS) is 10.8. The molecule has 0 saturated carbocycles. The maximum atomic E-state index is 13.3. The van der Waals surface area contributed by atoms with Crippen LogP contribution in [0.1, 0.15) is 0 Å². The van der Waals surface area contributed by atoms with Gasteiger partial charge in [0, 0.05) is 5.38 Å².